The zero-order valence-corrected chi connectivity index (χ0v) is 13.2. The third-order valence-electron chi connectivity index (χ3n) is 2.49. The van der Waals surface area contributed by atoms with Crippen molar-refractivity contribution in [3.8, 4) is 0 Å². The van der Waals surface area contributed by atoms with Gasteiger partial charge in [-0.1, -0.05) is 6.92 Å². The Morgan fingerprint density at radius 1 is 1.25 bits per heavy atom. The molecule has 0 aliphatic heterocycles. The smallest absolute Gasteiger partial charge is 0.229 e. The van der Waals surface area contributed by atoms with Gasteiger partial charge in [0.2, 0.25) is 17.2 Å². The van der Waals surface area contributed by atoms with Crippen LogP contribution in [0.2, 0.25) is 5.28 Å². The summed E-state index contributed by atoms with van der Waals surface area (Å²) < 4.78 is 0. The Bertz CT molecular complexity index is 573. The van der Waals surface area contributed by atoms with Crippen molar-refractivity contribution in [1.29, 1.82) is 0 Å². The second-order valence-corrected chi connectivity index (χ2v) is 5.60. The molecule has 0 bridgehead atoms. The number of anilines is 2. The first-order valence-corrected chi connectivity index (χ1v) is 7.68. The van der Waals surface area contributed by atoms with Gasteiger partial charge in [0, 0.05) is 17.6 Å². The summed E-state index contributed by atoms with van der Waals surface area (Å²) in [4.78, 5) is 16.8. The lowest BCUT2D eigenvalue weighted by molar-refractivity contribution is 0.836. The van der Waals surface area contributed by atoms with Crippen molar-refractivity contribution in [3.05, 3.63) is 21.4 Å². The molecule has 1 atom stereocenters. The van der Waals surface area contributed by atoms with Gasteiger partial charge in [0.25, 0.3) is 0 Å². The Morgan fingerprint density at radius 2 is 2.00 bits per heavy atom. The van der Waals surface area contributed by atoms with E-state index >= 15 is 0 Å². The Labute approximate surface area is 127 Å². The molecule has 2 aromatic rings. The standard InChI is InChI=1S/C12H17ClN6S/c1-4-5-14-11-17-10(13)18-12(19-11)16-8(3)9-15-7(2)6-20-9/h6,8H,4-5H2,1-3H3,(H2,14,16,17,18,19). The van der Waals surface area contributed by atoms with Crippen molar-refractivity contribution in [1.82, 2.24) is 19.9 Å². The summed E-state index contributed by atoms with van der Waals surface area (Å²) in [5.41, 5.74) is 1.01. The summed E-state index contributed by atoms with van der Waals surface area (Å²) in [6, 6.07) is 0.0196. The van der Waals surface area contributed by atoms with Crippen molar-refractivity contribution in [2.75, 3.05) is 17.2 Å². The van der Waals surface area contributed by atoms with Gasteiger partial charge < -0.3 is 10.6 Å². The van der Waals surface area contributed by atoms with E-state index in [1.165, 1.54) is 0 Å². The van der Waals surface area contributed by atoms with E-state index in [2.05, 4.69) is 37.5 Å². The quantitative estimate of drug-likeness (QED) is 0.852. The third kappa shape index (κ3) is 4.01. The average Bonchev–Trinajstić information content (AvgIpc) is 2.82. The Morgan fingerprint density at radius 3 is 2.65 bits per heavy atom. The number of halogens is 1. The zero-order valence-electron chi connectivity index (χ0n) is 11.6. The summed E-state index contributed by atoms with van der Waals surface area (Å²) >= 11 is 7.51. The number of nitrogens with one attached hydrogen (secondary N) is 2. The molecule has 2 N–H and O–H groups in total. The van der Waals surface area contributed by atoms with Gasteiger partial charge in [-0.15, -0.1) is 11.3 Å². The van der Waals surface area contributed by atoms with Gasteiger partial charge >= 0.3 is 0 Å². The van der Waals surface area contributed by atoms with Crippen LogP contribution >= 0.6 is 22.9 Å². The van der Waals surface area contributed by atoms with Gasteiger partial charge in [0.05, 0.1) is 6.04 Å². The highest BCUT2D eigenvalue weighted by molar-refractivity contribution is 7.09. The van der Waals surface area contributed by atoms with Crippen molar-refractivity contribution < 1.29 is 0 Å². The fourth-order valence-corrected chi connectivity index (χ4v) is 2.52. The largest absolute Gasteiger partial charge is 0.354 e. The Balaban J connectivity index is 2.10. The minimum atomic E-state index is 0.0196. The van der Waals surface area contributed by atoms with Gasteiger partial charge in [-0.2, -0.15) is 15.0 Å². The maximum absolute atomic E-state index is 5.91. The van der Waals surface area contributed by atoms with E-state index in [1.54, 1.807) is 11.3 Å². The molecular formula is C12H17ClN6S. The number of rotatable bonds is 6. The lowest BCUT2D eigenvalue weighted by atomic mass is 10.3. The van der Waals surface area contributed by atoms with E-state index in [4.69, 9.17) is 11.6 Å². The van der Waals surface area contributed by atoms with Crippen LogP contribution < -0.4 is 10.6 Å². The summed E-state index contributed by atoms with van der Waals surface area (Å²) in [7, 11) is 0. The second kappa shape index (κ2) is 6.81. The van der Waals surface area contributed by atoms with Crippen molar-refractivity contribution in [2.45, 2.75) is 33.2 Å². The summed E-state index contributed by atoms with van der Waals surface area (Å²) in [6.07, 6.45) is 0.987. The first-order chi connectivity index (χ1) is 9.58. The average molecular weight is 313 g/mol. The number of aromatic nitrogens is 4. The zero-order chi connectivity index (χ0) is 14.5. The van der Waals surface area contributed by atoms with E-state index in [0.717, 1.165) is 23.7 Å². The first kappa shape index (κ1) is 14.9. The maximum Gasteiger partial charge on any atom is 0.229 e. The highest BCUT2D eigenvalue weighted by Gasteiger charge is 2.12. The minimum Gasteiger partial charge on any atom is -0.354 e. The van der Waals surface area contributed by atoms with Crippen LogP contribution in [-0.4, -0.2) is 26.5 Å². The van der Waals surface area contributed by atoms with Crippen LogP contribution in [0, 0.1) is 6.92 Å². The molecule has 8 heteroatoms. The predicted molar refractivity (Wildman–Crippen MR) is 82.5 cm³/mol. The number of aryl methyl sites for hydroxylation is 1. The van der Waals surface area contributed by atoms with E-state index in [1.807, 2.05) is 19.2 Å². The normalized spacial score (nSPS) is 12.2. The van der Waals surface area contributed by atoms with Crippen molar-refractivity contribution in [3.63, 3.8) is 0 Å². The molecule has 0 radical (unpaired) electrons. The molecule has 6 nitrogen and oxygen atoms in total. The highest BCUT2D eigenvalue weighted by Crippen LogP contribution is 2.21. The molecule has 0 saturated carbocycles. The maximum atomic E-state index is 5.91. The van der Waals surface area contributed by atoms with Crippen LogP contribution in [0.3, 0.4) is 0 Å². The summed E-state index contributed by atoms with van der Waals surface area (Å²) in [5.74, 6) is 0.931. The Kier molecular flexibility index (Phi) is 5.08. The fraction of sp³-hybridized carbons (Fsp3) is 0.500. The van der Waals surface area contributed by atoms with Gasteiger partial charge in [0.1, 0.15) is 5.01 Å². The number of hydrogen-bond acceptors (Lipinski definition) is 7. The van der Waals surface area contributed by atoms with Crippen molar-refractivity contribution >= 4 is 34.8 Å². The van der Waals surface area contributed by atoms with E-state index < -0.39 is 0 Å². The third-order valence-corrected chi connectivity index (χ3v) is 3.81. The molecule has 0 aliphatic carbocycles. The van der Waals surface area contributed by atoms with Crippen molar-refractivity contribution in [2.24, 2.45) is 0 Å². The first-order valence-electron chi connectivity index (χ1n) is 6.42. The van der Waals surface area contributed by atoms with Crippen LogP contribution in [0.25, 0.3) is 0 Å². The predicted octanol–water partition coefficient (Wildman–Crippen LogP) is 3.28. The lowest BCUT2D eigenvalue weighted by Gasteiger charge is -2.12. The van der Waals surface area contributed by atoms with E-state index in [0.29, 0.717) is 11.9 Å². The molecule has 2 rings (SSSR count). The van der Waals surface area contributed by atoms with Crippen LogP contribution in [0.4, 0.5) is 11.9 Å². The molecule has 2 aromatic heterocycles. The number of thiazole rings is 1. The minimum absolute atomic E-state index is 0.0196. The molecule has 0 spiro atoms. The molecule has 0 amide bonds. The molecule has 20 heavy (non-hydrogen) atoms. The second-order valence-electron chi connectivity index (χ2n) is 4.37. The molecule has 2 heterocycles. The lowest BCUT2D eigenvalue weighted by Crippen LogP contribution is -2.12. The van der Waals surface area contributed by atoms with Gasteiger partial charge in [-0.05, 0) is 31.9 Å². The molecule has 0 aliphatic rings. The fourth-order valence-electron chi connectivity index (χ4n) is 1.56. The highest BCUT2D eigenvalue weighted by atomic mass is 35.5. The topological polar surface area (TPSA) is 75.6 Å². The van der Waals surface area contributed by atoms with Gasteiger partial charge in [0.15, 0.2) is 0 Å². The number of nitrogens with zero attached hydrogens (tertiary/aromatic N) is 4. The SMILES string of the molecule is CCCNc1nc(Cl)nc(NC(C)c2nc(C)cs2)n1. The van der Waals surface area contributed by atoms with Crippen LogP contribution in [0.15, 0.2) is 5.38 Å². The molecule has 108 valence electrons. The molecular weight excluding hydrogens is 296 g/mol. The van der Waals surface area contributed by atoms with Gasteiger partial charge in [-0.25, -0.2) is 4.98 Å². The van der Waals surface area contributed by atoms with Crippen LogP contribution in [0.5, 0.6) is 0 Å². The van der Waals surface area contributed by atoms with E-state index in [-0.39, 0.29) is 11.3 Å². The number of hydrogen-bond donors (Lipinski definition) is 2. The molecule has 0 saturated heterocycles. The summed E-state index contributed by atoms with van der Waals surface area (Å²) in [5, 5.41) is 9.46. The van der Waals surface area contributed by atoms with Gasteiger partial charge in [-0.3, -0.25) is 0 Å². The monoisotopic (exact) mass is 312 g/mol. The van der Waals surface area contributed by atoms with E-state index in [9.17, 15) is 0 Å². The van der Waals surface area contributed by atoms with Crippen LogP contribution in [-0.2, 0) is 0 Å². The molecule has 1 unspecified atom stereocenters. The Hall–Kier alpha value is -1.47. The molecule has 0 fully saturated rings. The molecule has 0 aromatic carbocycles. The summed E-state index contributed by atoms with van der Waals surface area (Å²) in [6.45, 7) is 6.84. The van der Waals surface area contributed by atoms with Crippen LogP contribution in [0.1, 0.15) is 37.0 Å².